The van der Waals surface area contributed by atoms with E-state index in [0.29, 0.717) is 42.6 Å². The third kappa shape index (κ3) is 5.40. The van der Waals surface area contributed by atoms with Gasteiger partial charge < -0.3 is 14.4 Å². The molecule has 0 bridgehead atoms. The molecule has 3 aromatic rings. The fraction of sp³-hybridized carbons (Fsp3) is 0.385. The molecular formula is C26H27F2N3O6. The molecule has 1 aliphatic rings. The third-order valence-corrected chi connectivity index (χ3v) is 6.52. The minimum Gasteiger partial charge on any atom is -0.485 e. The van der Waals surface area contributed by atoms with E-state index in [4.69, 9.17) is 9.47 Å². The number of halogens is 2. The van der Waals surface area contributed by atoms with Crippen LogP contribution < -0.4 is 16.0 Å². The molecule has 1 amide bonds. The number of esters is 1. The van der Waals surface area contributed by atoms with Crippen molar-refractivity contribution in [1.29, 1.82) is 0 Å². The average molecular weight is 516 g/mol. The largest absolute Gasteiger partial charge is 0.485 e. The smallest absolute Gasteiger partial charge is 0.337 e. The molecule has 0 N–H and O–H groups in total. The molecule has 9 nitrogen and oxygen atoms in total. The monoisotopic (exact) mass is 515 g/mol. The summed E-state index contributed by atoms with van der Waals surface area (Å²) in [5, 5.41) is 0.164. The molecule has 37 heavy (non-hydrogen) atoms. The molecule has 0 atom stereocenters. The van der Waals surface area contributed by atoms with E-state index in [1.165, 1.54) is 19.2 Å². The van der Waals surface area contributed by atoms with Gasteiger partial charge in [-0.15, -0.1) is 0 Å². The third-order valence-electron chi connectivity index (χ3n) is 6.52. The van der Waals surface area contributed by atoms with Crippen molar-refractivity contribution in [3.63, 3.8) is 0 Å². The maximum absolute atomic E-state index is 13.7. The number of ether oxygens (including phenoxy) is 2. The lowest BCUT2D eigenvalue weighted by molar-refractivity contribution is -0.119. The first-order valence-electron chi connectivity index (χ1n) is 11.8. The standard InChI is InChI=1S/C26H27F2N3O6/c1-36-25(34)18-4-2-17(3-5-18)15-30-24(33)22-12-20(37-21(13-27)14-28)6-7-23(22)31(26(30)35)19-8-10-29(16-32)11-9-19/h2-7,12,16,19,21H,8-11,13-15H2,1H3. The van der Waals surface area contributed by atoms with Gasteiger partial charge in [-0.2, -0.15) is 0 Å². The summed E-state index contributed by atoms with van der Waals surface area (Å²) in [5.74, 6) is -0.398. The van der Waals surface area contributed by atoms with Crippen molar-refractivity contribution in [2.45, 2.75) is 31.5 Å². The van der Waals surface area contributed by atoms with Gasteiger partial charge >= 0.3 is 11.7 Å². The minimum absolute atomic E-state index is 0.0646. The Labute approximate surface area is 210 Å². The van der Waals surface area contributed by atoms with Gasteiger partial charge in [-0.1, -0.05) is 12.1 Å². The number of benzene rings is 2. The molecule has 1 fully saturated rings. The summed E-state index contributed by atoms with van der Waals surface area (Å²) in [4.78, 5) is 51.7. The van der Waals surface area contributed by atoms with E-state index in [-0.39, 0.29) is 23.7 Å². The van der Waals surface area contributed by atoms with Crippen LogP contribution >= 0.6 is 0 Å². The molecule has 4 rings (SSSR count). The molecule has 1 aromatic heterocycles. The highest BCUT2D eigenvalue weighted by Crippen LogP contribution is 2.26. The highest BCUT2D eigenvalue weighted by atomic mass is 19.1. The number of hydrogen-bond donors (Lipinski definition) is 0. The molecule has 0 unspecified atom stereocenters. The van der Waals surface area contributed by atoms with Gasteiger partial charge in [-0.25, -0.2) is 18.4 Å². The molecule has 196 valence electrons. The summed E-state index contributed by atoms with van der Waals surface area (Å²) < 4.78 is 38.8. The number of alkyl halides is 2. The normalized spacial score (nSPS) is 14.2. The number of fused-ring (bicyclic) bond motifs is 1. The quantitative estimate of drug-likeness (QED) is 0.321. The number of rotatable bonds is 9. The van der Waals surface area contributed by atoms with E-state index in [9.17, 15) is 28.0 Å². The van der Waals surface area contributed by atoms with Crippen LogP contribution in [0.1, 0.15) is 34.8 Å². The van der Waals surface area contributed by atoms with Crippen LogP contribution in [0.25, 0.3) is 10.9 Å². The number of carbonyl (C=O) groups excluding carboxylic acids is 2. The summed E-state index contributed by atoms with van der Waals surface area (Å²) in [6.07, 6.45) is 0.505. The highest BCUT2D eigenvalue weighted by molar-refractivity contribution is 5.89. The second-order valence-corrected chi connectivity index (χ2v) is 8.83. The molecule has 1 saturated heterocycles. The van der Waals surface area contributed by atoms with Crippen molar-refractivity contribution in [2.24, 2.45) is 0 Å². The number of amides is 1. The summed E-state index contributed by atoms with van der Waals surface area (Å²) in [7, 11) is 1.27. The lowest BCUT2D eigenvalue weighted by Crippen LogP contribution is -2.44. The molecule has 11 heteroatoms. The van der Waals surface area contributed by atoms with Gasteiger partial charge in [0.05, 0.1) is 30.1 Å². The Morgan fingerprint density at radius 2 is 1.76 bits per heavy atom. The van der Waals surface area contributed by atoms with E-state index in [0.717, 1.165) is 11.0 Å². The Bertz CT molecular complexity index is 1390. The summed E-state index contributed by atoms with van der Waals surface area (Å²) in [6, 6.07) is 10.5. The fourth-order valence-corrected chi connectivity index (χ4v) is 4.52. The van der Waals surface area contributed by atoms with Gasteiger partial charge in [0.15, 0.2) is 6.10 Å². The van der Waals surface area contributed by atoms with Crippen LogP contribution in [0.3, 0.4) is 0 Å². The molecule has 1 aliphatic heterocycles. The first-order valence-corrected chi connectivity index (χ1v) is 11.8. The molecule has 0 spiro atoms. The molecule has 0 saturated carbocycles. The number of piperidine rings is 1. The van der Waals surface area contributed by atoms with Crippen molar-refractivity contribution >= 4 is 23.3 Å². The number of carbonyl (C=O) groups is 2. The van der Waals surface area contributed by atoms with Crippen LogP contribution in [0, 0.1) is 0 Å². The first kappa shape index (κ1) is 26.1. The second-order valence-electron chi connectivity index (χ2n) is 8.83. The number of nitrogens with zero attached hydrogens (tertiary/aromatic N) is 3. The van der Waals surface area contributed by atoms with E-state index >= 15 is 0 Å². The summed E-state index contributed by atoms with van der Waals surface area (Å²) >= 11 is 0. The van der Waals surface area contributed by atoms with Crippen LogP contribution in [-0.2, 0) is 16.1 Å². The number of methoxy groups -OCH3 is 1. The van der Waals surface area contributed by atoms with Crippen LogP contribution in [0.2, 0.25) is 0 Å². The lowest BCUT2D eigenvalue weighted by Gasteiger charge is -2.31. The Kier molecular flexibility index (Phi) is 8.00. The van der Waals surface area contributed by atoms with Crippen molar-refractivity contribution < 1.29 is 27.8 Å². The Morgan fingerprint density at radius 1 is 1.08 bits per heavy atom. The molecule has 2 heterocycles. The maximum Gasteiger partial charge on any atom is 0.337 e. The fourth-order valence-electron chi connectivity index (χ4n) is 4.52. The zero-order valence-corrected chi connectivity index (χ0v) is 20.3. The maximum atomic E-state index is 13.7. The van der Waals surface area contributed by atoms with Crippen LogP contribution in [-0.4, -0.2) is 66.1 Å². The zero-order chi connectivity index (χ0) is 26.5. The average Bonchev–Trinajstić information content (AvgIpc) is 2.94. The Balaban J connectivity index is 1.81. The highest BCUT2D eigenvalue weighted by Gasteiger charge is 2.25. The van der Waals surface area contributed by atoms with Crippen LogP contribution in [0.4, 0.5) is 8.78 Å². The van der Waals surface area contributed by atoms with Gasteiger partial charge in [0.25, 0.3) is 5.56 Å². The van der Waals surface area contributed by atoms with Gasteiger partial charge in [0.1, 0.15) is 19.1 Å². The topological polar surface area (TPSA) is 99.8 Å². The number of hydrogen-bond acceptors (Lipinski definition) is 6. The zero-order valence-electron chi connectivity index (χ0n) is 20.3. The van der Waals surface area contributed by atoms with Gasteiger partial charge in [-0.3, -0.25) is 18.7 Å². The number of aromatic nitrogens is 2. The predicted octanol–water partition coefficient (Wildman–Crippen LogP) is 2.48. The molecular weight excluding hydrogens is 488 g/mol. The van der Waals surface area contributed by atoms with Gasteiger partial charge in [-0.05, 0) is 48.7 Å². The predicted molar refractivity (Wildman–Crippen MR) is 132 cm³/mol. The lowest BCUT2D eigenvalue weighted by atomic mass is 10.0. The van der Waals surface area contributed by atoms with Crippen molar-refractivity contribution in [3.05, 3.63) is 74.4 Å². The molecule has 0 aliphatic carbocycles. The summed E-state index contributed by atoms with van der Waals surface area (Å²) in [6.45, 7) is -1.20. The van der Waals surface area contributed by atoms with E-state index in [1.807, 2.05) is 0 Å². The molecule has 2 aromatic carbocycles. The van der Waals surface area contributed by atoms with E-state index < -0.39 is 36.7 Å². The van der Waals surface area contributed by atoms with Crippen molar-refractivity contribution in [3.8, 4) is 5.75 Å². The Hall–Kier alpha value is -4.02. The van der Waals surface area contributed by atoms with Crippen molar-refractivity contribution in [2.75, 3.05) is 33.5 Å². The van der Waals surface area contributed by atoms with Crippen LogP contribution in [0.15, 0.2) is 52.1 Å². The van der Waals surface area contributed by atoms with Crippen LogP contribution in [0.5, 0.6) is 5.75 Å². The van der Waals surface area contributed by atoms with E-state index in [1.54, 1.807) is 39.8 Å². The van der Waals surface area contributed by atoms with E-state index in [2.05, 4.69) is 0 Å². The number of likely N-dealkylation sites (tertiary alicyclic amines) is 1. The molecule has 0 radical (unpaired) electrons. The SMILES string of the molecule is COC(=O)c1ccc(Cn2c(=O)c3cc(OC(CF)CF)ccc3n(C3CCN(C=O)CC3)c2=O)cc1. The first-order chi connectivity index (χ1) is 17.9. The minimum atomic E-state index is -1.30. The summed E-state index contributed by atoms with van der Waals surface area (Å²) in [5.41, 5.74) is 0.213. The second kappa shape index (κ2) is 11.4. The Morgan fingerprint density at radius 3 is 2.35 bits per heavy atom. The van der Waals surface area contributed by atoms with Gasteiger partial charge in [0.2, 0.25) is 6.41 Å². The van der Waals surface area contributed by atoms with Gasteiger partial charge in [0, 0.05) is 19.1 Å². The van der Waals surface area contributed by atoms with Crippen molar-refractivity contribution in [1.82, 2.24) is 14.0 Å².